The summed E-state index contributed by atoms with van der Waals surface area (Å²) in [6.07, 6.45) is 0. The number of phenols is 1. The molecule has 0 atom stereocenters. The zero-order valence-electron chi connectivity index (χ0n) is 6.35. The maximum absolute atomic E-state index is 12.7. The SMILES string of the molecule is O=C(CBr)c1c(O)cc(F)cc1Br. The number of carbonyl (C=O) groups excluding carboxylic acids is 1. The van der Waals surface area contributed by atoms with Crippen LogP contribution in [0.2, 0.25) is 0 Å². The van der Waals surface area contributed by atoms with Gasteiger partial charge in [0.25, 0.3) is 0 Å². The van der Waals surface area contributed by atoms with Crippen molar-refractivity contribution in [3.63, 3.8) is 0 Å². The summed E-state index contributed by atoms with van der Waals surface area (Å²) < 4.78 is 12.9. The average Bonchev–Trinajstić information content (AvgIpc) is 2.02. The van der Waals surface area contributed by atoms with Crippen LogP contribution in [0.4, 0.5) is 4.39 Å². The van der Waals surface area contributed by atoms with Crippen molar-refractivity contribution in [2.75, 3.05) is 5.33 Å². The molecular formula is C8H5Br2FO2. The summed E-state index contributed by atoms with van der Waals surface area (Å²) in [6.45, 7) is 0. The maximum atomic E-state index is 12.7. The molecule has 0 saturated heterocycles. The first-order valence-electron chi connectivity index (χ1n) is 3.33. The topological polar surface area (TPSA) is 37.3 Å². The lowest BCUT2D eigenvalue weighted by atomic mass is 10.1. The Morgan fingerprint density at radius 2 is 2.15 bits per heavy atom. The van der Waals surface area contributed by atoms with Crippen molar-refractivity contribution >= 4 is 37.6 Å². The van der Waals surface area contributed by atoms with E-state index in [1.807, 2.05) is 0 Å². The highest BCUT2D eigenvalue weighted by molar-refractivity contribution is 9.10. The van der Waals surface area contributed by atoms with Gasteiger partial charge in [-0.15, -0.1) is 0 Å². The largest absolute Gasteiger partial charge is 0.507 e. The zero-order chi connectivity index (χ0) is 10.0. The van der Waals surface area contributed by atoms with Crippen LogP contribution in [0.25, 0.3) is 0 Å². The molecule has 0 unspecified atom stereocenters. The molecule has 1 aromatic rings. The number of benzene rings is 1. The second kappa shape index (κ2) is 4.19. The molecule has 0 radical (unpaired) electrons. The van der Waals surface area contributed by atoms with Crippen molar-refractivity contribution in [2.45, 2.75) is 0 Å². The van der Waals surface area contributed by atoms with Crippen LogP contribution in [0.3, 0.4) is 0 Å². The van der Waals surface area contributed by atoms with Gasteiger partial charge < -0.3 is 5.11 Å². The molecule has 1 N–H and O–H groups in total. The summed E-state index contributed by atoms with van der Waals surface area (Å²) in [5.41, 5.74) is 0.0956. The lowest BCUT2D eigenvalue weighted by Gasteiger charge is -2.04. The summed E-state index contributed by atoms with van der Waals surface area (Å²) in [5, 5.41) is 9.35. The summed E-state index contributed by atoms with van der Waals surface area (Å²) in [4.78, 5) is 11.2. The van der Waals surface area contributed by atoms with Gasteiger partial charge in [-0.3, -0.25) is 4.79 Å². The van der Waals surface area contributed by atoms with Gasteiger partial charge in [0.1, 0.15) is 11.6 Å². The number of Topliss-reactive ketones (excluding diaryl/α,β-unsaturated/α-hetero) is 1. The van der Waals surface area contributed by atoms with Gasteiger partial charge in [-0.1, -0.05) is 15.9 Å². The third-order valence-corrected chi connectivity index (χ3v) is 2.57. The van der Waals surface area contributed by atoms with Crippen molar-refractivity contribution < 1.29 is 14.3 Å². The molecule has 5 heteroatoms. The number of alkyl halides is 1. The number of carbonyl (C=O) groups is 1. The van der Waals surface area contributed by atoms with Crippen molar-refractivity contribution in [2.24, 2.45) is 0 Å². The minimum atomic E-state index is -0.588. The van der Waals surface area contributed by atoms with Crippen LogP contribution < -0.4 is 0 Å². The molecule has 13 heavy (non-hydrogen) atoms. The number of halogens is 3. The van der Waals surface area contributed by atoms with E-state index >= 15 is 0 Å². The third-order valence-electron chi connectivity index (χ3n) is 1.43. The van der Waals surface area contributed by atoms with Crippen LogP contribution in [0, 0.1) is 5.82 Å². The molecule has 2 nitrogen and oxygen atoms in total. The number of hydrogen-bond acceptors (Lipinski definition) is 2. The first kappa shape index (κ1) is 10.7. The minimum absolute atomic E-state index is 0.0881. The second-order valence-corrected chi connectivity index (χ2v) is 3.75. The van der Waals surface area contributed by atoms with Gasteiger partial charge in [0.2, 0.25) is 0 Å². The van der Waals surface area contributed by atoms with E-state index in [1.165, 1.54) is 0 Å². The number of phenolic OH excluding ortho intramolecular Hbond substituents is 1. The number of hydrogen-bond donors (Lipinski definition) is 1. The fourth-order valence-electron chi connectivity index (χ4n) is 0.903. The molecule has 0 saturated carbocycles. The molecule has 0 amide bonds. The first-order valence-corrected chi connectivity index (χ1v) is 5.25. The number of ketones is 1. The van der Waals surface area contributed by atoms with Crippen LogP contribution in [0.5, 0.6) is 5.75 Å². The zero-order valence-corrected chi connectivity index (χ0v) is 9.52. The van der Waals surface area contributed by atoms with Gasteiger partial charge in [-0.25, -0.2) is 4.39 Å². The van der Waals surface area contributed by atoms with Crippen molar-refractivity contribution in [3.05, 3.63) is 28.0 Å². The standard InChI is InChI=1S/C8H5Br2FO2/c9-3-7(13)8-5(10)1-4(11)2-6(8)12/h1-2,12H,3H2. The molecule has 0 spiro atoms. The average molecular weight is 312 g/mol. The van der Waals surface area contributed by atoms with E-state index in [4.69, 9.17) is 0 Å². The Morgan fingerprint density at radius 1 is 1.54 bits per heavy atom. The summed E-state index contributed by atoms with van der Waals surface area (Å²) in [5.74, 6) is -1.24. The second-order valence-electron chi connectivity index (χ2n) is 2.34. The molecule has 0 aliphatic carbocycles. The van der Waals surface area contributed by atoms with Crippen LogP contribution >= 0.6 is 31.9 Å². The molecule has 70 valence electrons. The first-order chi connectivity index (χ1) is 6.06. The van der Waals surface area contributed by atoms with E-state index in [9.17, 15) is 14.3 Å². The quantitative estimate of drug-likeness (QED) is 0.673. The monoisotopic (exact) mass is 310 g/mol. The van der Waals surface area contributed by atoms with Crippen molar-refractivity contribution in [1.29, 1.82) is 0 Å². The molecule has 1 aromatic carbocycles. The third kappa shape index (κ3) is 2.28. The highest BCUT2D eigenvalue weighted by Gasteiger charge is 2.15. The fourth-order valence-corrected chi connectivity index (χ4v) is 1.83. The molecule has 0 aliphatic rings. The smallest absolute Gasteiger partial charge is 0.178 e. The van der Waals surface area contributed by atoms with Crippen LogP contribution in [0.15, 0.2) is 16.6 Å². The minimum Gasteiger partial charge on any atom is -0.507 e. The Morgan fingerprint density at radius 3 is 2.62 bits per heavy atom. The number of rotatable bonds is 2. The maximum Gasteiger partial charge on any atom is 0.178 e. The molecule has 0 heterocycles. The van der Waals surface area contributed by atoms with Gasteiger partial charge in [-0.2, -0.15) is 0 Å². The van der Waals surface area contributed by atoms with E-state index in [2.05, 4.69) is 31.9 Å². The van der Waals surface area contributed by atoms with E-state index < -0.39 is 5.82 Å². The van der Waals surface area contributed by atoms with Crippen molar-refractivity contribution in [1.82, 2.24) is 0 Å². The Kier molecular flexibility index (Phi) is 3.44. The Labute approximate surface area is 91.0 Å². The lowest BCUT2D eigenvalue weighted by molar-refractivity contribution is 0.102. The Balaban J connectivity index is 3.28. The molecule has 0 aromatic heterocycles. The number of aromatic hydroxyl groups is 1. The highest BCUT2D eigenvalue weighted by Crippen LogP contribution is 2.28. The van der Waals surface area contributed by atoms with Crippen LogP contribution in [-0.4, -0.2) is 16.2 Å². The van der Waals surface area contributed by atoms with Crippen molar-refractivity contribution in [3.8, 4) is 5.75 Å². The summed E-state index contributed by atoms with van der Waals surface area (Å²) in [7, 11) is 0. The summed E-state index contributed by atoms with van der Waals surface area (Å²) >= 11 is 5.96. The van der Waals surface area contributed by atoms with Gasteiger partial charge in [0.15, 0.2) is 5.78 Å². The summed E-state index contributed by atoms with van der Waals surface area (Å²) in [6, 6.07) is 2.04. The van der Waals surface area contributed by atoms with E-state index in [0.717, 1.165) is 12.1 Å². The predicted octanol–water partition coefficient (Wildman–Crippen LogP) is 2.87. The van der Waals surface area contributed by atoms with E-state index in [0.29, 0.717) is 0 Å². The molecule has 0 bridgehead atoms. The molecule has 1 rings (SSSR count). The molecule has 0 aliphatic heterocycles. The molecule has 0 fully saturated rings. The fraction of sp³-hybridized carbons (Fsp3) is 0.125. The van der Waals surface area contributed by atoms with E-state index in [1.54, 1.807) is 0 Å². The van der Waals surface area contributed by atoms with Gasteiger partial charge in [-0.05, 0) is 22.0 Å². The van der Waals surface area contributed by atoms with Crippen LogP contribution in [-0.2, 0) is 0 Å². The van der Waals surface area contributed by atoms with Gasteiger partial charge in [0, 0.05) is 10.5 Å². The normalized spacial score (nSPS) is 10.1. The lowest BCUT2D eigenvalue weighted by Crippen LogP contribution is -2.02. The highest BCUT2D eigenvalue weighted by atomic mass is 79.9. The Bertz CT molecular complexity index is 329. The Hall–Kier alpha value is -0.420. The van der Waals surface area contributed by atoms with Gasteiger partial charge in [0.05, 0.1) is 10.9 Å². The predicted molar refractivity (Wildman–Crippen MR) is 53.9 cm³/mol. The van der Waals surface area contributed by atoms with E-state index in [-0.39, 0.29) is 26.9 Å². The van der Waals surface area contributed by atoms with Crippen LogP contribution in [0.1, 0.15) is 10.4 Å². The van der Waals surface area contributed by atoms with Gasteiger partial charge >= 0.3 is 0 Å². The molecular weight excluding hydrogens is 307 g/mol.